The van der Waals surface area contributed by atoms with E-state index in [1.165, 1.54) is 13.2 Å². The number of anilines is 2. The highest BCUT2D eigenvalue weighted by atomic mass is 19.1. The van der Waals surface area contributed by atoms with E-state index in [1.807, 2.05) is 26.0 Å². The fraction of sp³-hybridized carbons (Fsp3) is 0.167. The summed E-state index contributed by atoms with van der Waals surface area (Å²) in [4.78, 5) is 13.2. The number of hydrogen-bond acceptors (Lipinski definition) is 5. The van der Waals surface area contributed by atoms with E-state index in [1.54, 1.807) is 24.5 Å². The third kappa shape index (κ3) is 3.17. The van der Waals surface area contributed by atoms with Crippen molar-refractivity contribution in [1.82, 2.24) is 15.0 Å². The highest BCUT2D eigenvalue weighted by molar-refractivity contribution is 5.65. The van der Waals surface area contributed by atoms with Crippen LogP contribution in [-0.2, 0) is 0 Å². The molecule has 0 bridgehead atoms. The molecule has 0 unspecified atom stereocenters. The Labute approximate surface area is 139 Å². The summed E-state index contributed by atoms with van der Waals surface area (Å²) in [6.07, 6.45) is 3.42. The Balaban J connectivity index is 2.00. The number of methoxy groups -OCH3 is 1. The number of hydrogen-bond donors (Lipinski definition) is 1. The maximum absolute atomic E-state index is 13.6. The van der Waals surface area contributed by atoms with Crippen molar-refractivity contribution in [3.63, 3.8) is 0 Å². The predicted molar refractivity (Wildman–Crippen MR) is 91.0 cm³/mol. The van der Waals surface area contributed by atoms with Gasteiger partial charge in [0.1, 0.15) is 5.82 Å². The molecule has 122 valence electrons. The van der Waals surface area contributed by atoms with E-state index in [-0.39, 0.29) is 5.75 Å². The third-order valence-electron chi connectivity index (χ3n) is 3.72. The molecule has 2 aromatic heterocycles. The maximum Gasteiger partial charge on any atom is 0.165 e. The SMILES string of the molecule is COc1cc(Nc2nc(-c3cccnc3)nc(C)c2C)ccc1F. The van der Waals surface area contributed by atoms with Gasteiger partial charge in [-0.1, -0.05) is 0 Å². The number of aromatic nitrogens is 3. The van der Waals surface area contributed by atoms with Crippen molar-refractivity contribution in [3.8, 4) is 17.1 Å². The van der Waals surface area contributed by atoms with Gasteiger partial charge < -0.3 is 10.1 Å². The van der Waals surface area contributed by atoms with E-state index < -0.39 is 5.82 Å². The van der Waals surface area contributed by atoms with E-state index in [0.717, 1.165) is 16.8 Å². The van der Waals surface area contributed by atoms with Crippen LogP contribution in [0.1, 0.15) is 11.3 Å². The average Bonchev–Trinajstić information content (AvgIpc) is 2.61. The molecule has 0 fully saturated rings. The fourth-order valence-corrected chi connectivity index (χ4v) is 2.25. The van der Waals surface area contributed by atoms with Gasteiger partial charge in [-0.15, -0.1) is 0 Å². The second-order valence-electron chi connectivity index (χ2n) is 5.32. The number of rotatable bonds is 4. The molecular formula is C18H17FN4O. The first kappa shape index (κ1) is 15.9. The molecule has 1 aromatic carbocycles. The van der Waals surface area contributed by atoms with Crippen LogP contribution >= 0.6 is 0 Å². The molecule has 24 heavy (non-hydrogen) atoms. The smallest absolute Gasteiger partial charge is 0.165 e. The van der Waals surface area contributed by atoms with Crippen LogP contribution in [0.4, 0.5) is 15.9 Å². The largest absolute Gasteiger partial charge is 0.494 e. The molecule has 0 aliphatic heterocycles. The highest BCUT2D eigenvalue weighted by Gasteiger charge is 2.11. The molecule has 6 heteroatoms. The molecule has 0 saturated heterocycles. The van der Waals surface area contributed by atoms with Crippen LogP contribution in [0.5, 0.6) is 5.75 Å². The zero-order chi connectivity index (χ0) is 17.1. The van der Waals surface area contributed by atoms with Gasteiger partial charge in [0.05, 0.1) is 7.11 Å². The van der Waals surface area contributed by atoms with Gasteiger partial charge >= 0.3 is 0 Å². The summed E-state index contributed by atoms with van der Waals surface area (Å²) in [5.41, 5.74) is 3.30. The number of pyridine rings is 1. The van der Waals surface area contributed by atoms with Gasteiger partial charge in [-0.3, -0.25) is 4.98 Å². The van der Waals surface area contributed by atoms with Gasteiger partial charge in [0, 0.05) is 41.0 Å². The Morgan fingerprint density at radius 2 is 1.96 bits per heavy atom. The summed E-state index contributed by atoms with van der Waals surface area (Å²) in [7, 11) is 1.43. The standard InChI is InChI=1S/C18H17FN4O/c1-11-12(2)21-18(13-5-4-8-20-10-13)23-17(11)22-14-6-7-15(19)16(9-14)24-3/h4-10H,1-3H3,(H,21,22,23). The van der Waals surface area contributed by atoms with Gasteiger partial charge in [0.15, 0.2) is 17.4 Å². The Morgan fingerprint density at radius 3 is 2.67 bits per heavy atom. The molecule has 1 N–H and O–H groups in total. The Morgan fingerprint density at radius 1 is 1.12 bits per heavy atom. The molecule has 2 heterocycles. The van der Waals surface area contributed by atoms with E-state index in [9.17, 15) is 4.39 Å². The second kappa shape index (κ2) is 6.62. The second-order valence-corrected chi connectivity index (χ2v) is 5.32. The van der Waals surface area contributed by atoms with E-state index in [4.69, 9.17) is 4.74 Å². The van der Waals surface area contributed by atoms with Crippen molar-refractivity contribution in [2.75, 3.05) is 12.4 Å². The minimum atomic E-state index is -0.408. The normalized spacial score (nSPS) is 10.5. The van der Waals surface area contributed by atoms with Crippen LogP contribution in [0.25, 0.3) is 11.4 Å². The monoisotopic (exact) mass is 324 g/mol. The molecule has 0 spiro atoms. The molecule has 0 atom stereocenters. The highest BCUT2D eigenvalue weighted by Crippen LogP contribution is 2.27. The topological polar surface area (TPSA) is 59.9 Å². The minimum absolute atomic E-state index is 0.177. The van der Waals surface area contributed by atoms with Crippen LogP contribution < -0.4 is 10.1 Å². The number of nitrogens with one attached hydrogen (secondary N) is 1. The van der Waals surface area contributed by atoms with Crippen molar-refractivity contribution in [2.24, 2.45) is 0 Å². The van der Waals surface area contributed by atoms with Crippen molar-refractivity contribution in [3.05, 3.63) is 59.8 Å². The summed E-state index contributed by atoms with van der Waals surface area (Å²) >= 11 is 0. The third-order valence-corrected chi connectivity index (χ3v) is 3.72. The quantitative estimate of drug-likeness (QED) is 0.784. The number of halogens is 1. The Hall–Kier alpha value is -3.02. The van der Waals surface area contributed by atoms with Crippen LogP contribution in [0.2, 0.25) is 0 Å². The zero-order valence-electron chi connectivity index (χ0n) is 13.7. The molecule has 3 rings (SSSR count). The van der Waals surface area contributed by atoms with Gasteiger partial charge in [0.2, 0.25) is 0 Å². The van der Waals surface area contributed by atoms with Gasteiger partial charge in [-0.2, -0.15) is 0 Å². The number of nitrogens with zero attached hydrogens (tertiary/aromatic N) is 3. The van der Waals surface area contributed by atoms with E-state index >= 15 is 0 Å². The molecule has 5 nitrogen and oxygen atoms in total. The summed E-state index contributed by atoms with van der Waals surface area (Å²) in [6, 6.07) is 8.33. The Bertz CT molecular complexity index is 868. The molecule has 0 aliphatic carbocycles. The maximum atomic E-state index is 13.6. The fourth-order valence-electron chi connectivity index (χ4n) is 2.25. The molecule has 0 amide bonds. The van der Waals surface area contributed by atoms with Crippen LogP contribution in [0.15, 0.2) is 42.7 Å². The van der Waals surface area contributed by atoms with Crippen LogP contribution in [0, 0.1) is 19.7 Å². The lowest BCUT2D eigenvalue weighted by Crippen LogP contribution is -2.03. The van der Waals surface area contributed by atoms with Crippen LogP contribution in [-0.4, -0.2) is 22.1 Å². The lowest BCUT2D eigenvalue weighted by molar-refractivity contribution is 0.387. The first-order valence-electron chi connectivity index (χ1n) is 7.44. The zero-order valence-corrected chi connectivity index (χ0v) is 13.7. The van der Waals surface area contributed by atoms with Gasteiger partial charge in [-0.05, 0) is 38.1 Å². The first-order chi connectivity index (χ1) is 11.6. The van der Waals surface area contributed by atoms with E-state index in [2.05, 4.69) is 20.3 Å². The lowest BCUT2D eigenvalue weighted by Gasteiger charge is -2.13. The predicted octanol–water partition coefficient (Wildman–Crippen LogP) is 4.05. The van der Waals surface area contributed by atoms with Crippen molar-refractivity contribution >= 4 is 11.5 Å². The number of aryl methyl sites for hydroxylation is 1. The molecule has 0 saturated carbocycles. The van der Waals surface area contributed by atoms with Gasteiger partial charge in [-0.25, -0.2) is 14.4 Å². The Kier molecular flexibility index (Phi) is 4.37. The lowest BCUT2D eigenvalue weighted by atomic mass is 10.2. The summed E-state index contributed by atoms with van der Waals surface area (Å²) < 4.78 is 18.6. The molecule has 3 aromatic rings. The first-order valence-corrected chi connectivity index (χ1v) is 7.44. The summed E-state index contributed by atoms with van der Waals surface area (Å²) in [6.45, 7) is 3.86. The van der Waals surface area contributed by atoms with E-state index in [0.29, 0.717) is 17.3 Å². The van der Waals surface area contributed by atoms with Crippen LogP contribution in [0.3, 0.4) is 0 Å². The van der Waals surface area contributed by atoms with Crippen molar-refractivity contribution in [1.29, 1.82) is 0 Å². The van der Waals surface area contributed by atoms with Gasteiger partial charge in [0.25, 0.3) is 0 Å². The average molecular weight is 324 g/mol. The molecule has 0 radical (unpaired) electrons. The number of ether oxygens (including phenoxy) is 1. The van der Waals surface area contributed by atoms with Crippen molar-refractivity contribution in [2.45, 2.75) is 13.8 Å². The molecular weight excluding hydrogens is 307 g/mol. The summed E-state index contributed by atoms with van der Waals surface area (Å²) in [5, 5.41) is 3.21. The minimum Gasteiger partial charge on any atom is -0.494 e. The number of benzene rings is 1. The van der Waals surface area contributed by atoms with Crippen molar-refractivity contribution < 1.29 is 9.13 Å². The summed E-state index contributed by atoms with van der Waals surface area (Å²) in [5.74, 6) is 1.02. The molecule has 0 aliphatic rings.